The van der Waals surface area contributed by atoms with Gasteiger partial charge in [0.25, 0.3) is 0 Å². The van der Waals surface area contributed by atoms with Crippen molar-refractivity contribution in [2.75, 3.05) is 25.6 Å². The first-order valence-corrected chi connectivity index (χ1v) is 5.52. The van der Waals surface area contributed by atoms with Crippen molar-refractivity contribution in [3.8, 4) is 5.75 Å². The Kier molecular flexibility index (Phi) is 5.13. The van der Waals surface area contributed by atoms with E-state index in [0.717, 1.165) is 0 Å². The van der Waals surface area contributed by atoms with E-state index in [1.54, 1.807) is 12.1 Å². The predicted molar refractivity (Wildman–Crippen MR) is 68.3 cm³/mol. The first-order valence-electron chi connectivity index (χ1n) is 5.52. The van der Waals surface area contributed by atoms with Gasteiger partial charge in [-0.25, -0.2) is 9.59 Å². The summed E-state index contributed by atoms with van der Waals surface area (Å²) >= 11 is 0. The second-order valence-electron chi connectivity index (χ2n) is 3.83. The molecule has 1 aromatic rings. The van der Waals surface area contributed by atoms with Crippen LogP contribution in [0.5, 0.6) is 5.75 Å². The van der Waals surface area contributed by atoms with Crippen LogP contribution in [0.4, 0.5) is 10.5 Å². The number of ether oxygens (including phenoxy) is 1. The van der Waals surface area contributed by atoms with Crippen molar-refractivity contribution in [3.05, 3.63) is 24.3 Å². The fourth-order valence-electron chi connectivity index (χ4n) is 1.39. The van der Waals surface area contributed by atoms with Crippen LogP contribution in [-0.4, -0.2) is 49.0 Å². The van der Waals surface area contributed by atoms with Crippen LogP contribution in [0.25, 0.3) is 0 Å². The highest BCUT2D eigenvalue weighted by atomic mass is 16.5. The third-order valence-electron chi connectivity index (χ3n) is 2.52. The molecule has 3 N–H and O–H groups in total. The number of carboxylic acids is 1. The summed E-state index contributed by atoms with van der Waals surface area (Å²) in [7, 11) is 2.76. The molecule has 0 saturated carbocycles. The van der Waals surface area contributed by atoms with Crippen LogP contribution in [-0.2, 0) is 9.53 Å². The quantitative estimate of drug-likeness (QED) is 0.727. The number of aromatic hydroxyl groups is 1. The Morgan fingerprint density at radius 1 is 1.47 bits per heavy atom. The van der Waals surface area contributed by atoms with E-state index in [1.165, 1.54) is 31.2 Å². The number of anilines is 1. The summed E-state index contributed by atoms with van der Waals surface area (Å²) in [5.41, 5.74) is 0.488. The lowest BCUT2D eigenvalue weighted by atomic mass is 10.3. The third kappa shape index (κ3) is 4.14. The van der Waals surface area contributed by atoms with Crippen LogP contribution in [0, 0.1) is 0 Å². The molecule has 0 fully saturated rings. The fourth-order valence-corrected chi connectivity index (χ4v) is 1.39. The summed E-state index contributed by atoms with van der Waals surface area (Å²) in [5, 5.41) is 20.5. The number of amides is 2. The molecule has 1 rings (SSSR count). The minimum Gasteiger partial charge on any atom is -0.508 e. The molecule has 0 aliphatic rings. The standard InChI is InChI=1S/C12H16N2O5/c1-14(8-4-3-5-9(15)6-8)12(18)13-7-10(19-2)11(16)17/h3-6,10,15H,7H2,1-2H3,(H,13,18)(H,16,17). The molecule has 0 aliphatic carbocycles. The Morgan fingerprint density at radius 3 is 2.68 bits per heavy atom. The molecule has 0 heterocycles. The molecule has 2 amide bonds. The largest absolute Gasteiger partial charge is 0.508 e. The van der Waals surface area contributed by atoms with Crippen molar-refractivity contribution in [1.82, 2.24) is 5.32 Å². The lowest BCUT2D eigenvalue weighted by Gasteiger charge is -2.19. The molecule has 7 nitrogen and oxygen atoms in total. The summed E-state index contributed by atoms with van der Waals surface area (Å²) in [4.78, 5) is 23.7. The zero-order chi connectivity index (χ0) is 14.4. The molecular formula is C12H16N2O5. The number of phenols is 1. The number of aliphatic carboxylic acids is 1. The minimum absolute atomic E-state index is 0.0393. The Hall–Kier alpha value is -2.28. The highest BCUT2D eigenvalue weighted by Gasteiger charge is 2.19. The summed E-state index contributed by atoms with van der Waals surface area (Å²) in [6.07, 6.45) is -1.10. The molecule has 0 spiro atoms. The zero-order valence-corrected chi connectivity index (χ0v) is 10.7. The second kappa shape index (κ2) is 6.60. The first-order chi connectivity index (χ1) is 8.95. The minimum atomic E-state index is -1.15. The number of rotatable bonds is 5. The van der Waals surface area contributed by atoms with Crippen LogP contribution in [0.3, 0.4) is 0 Å². The number of nitrogens with one attached hydrogen (secondary N) is 1. The van der Waals surface area contributed by atoms with Crippen molar-refractivity contribution in [3.63, 3.8) is 0 Å². The van der Waals surface area contributed by atoms with Gasteiger partial charge in [-0.2, -0.15) is 0 Å². The van der Waals surface area contributed by atoms with Crippen LogP contribution < -0.4 is 10.2 Å². The monoisotopic (exact) mass is 268 g/mol. The first kappa shape index (κ1) is 14.8. The number of nitrogens with zero attached hydrogens (tertiary/aromatic N) is 1. The predicted octanol–water partition coefficient (Wildman–Crippen LogP) is 0.638. The average molecular weight is 268 g/mol. The van der Waals surface area contributed by atoms with Gasteiger partial charge in [0.2, 0.25) is 0 Å². The van der Waals surface area contributed by atoms with Crippen LogP contribution in [0.2, 0.25) is 0 Å². The zero-order valence-electron chi connectivity index (χ0n) is 10.7. The van der Waals surface area contributed by atoms with Crippen LogP contribution >= 0.6 is 0 Å². The van der Waals surface area contributed by atoms with E-state index >= 15 is 0 Å². The van der Waals surface area contributed by atoms with E-state index in [0.29, 0.717) is 5.69 Å². The Morgan fingerprint density at radius 2 is 2.16 bits per heavy atom. The van der Waals surface area contributed by atoms with Crippen molar-refractivity contribution in [2.45, 2.75) is 6.10 Å². The molecule has 1 unspecified atom stereocenters. The maximum absolute atomic E-state index is 11.8. The summed E-state index contributed by atoms with van der Waals surface area (Å²) in [6, 6.07) is 5.66. The highest BCUT2D eigenvalue weighted by molar-refractivity contribution is 5.91. The number of carbonyl (C=O) groups is 2. The molecule has 1 aromatic carbocycles. The van der Waals surface area contributed by atoms with E-state index in [4.69, 9.17) is 9.84 Å². The van der Waals surface area contributed by atoms with E-state index in [9.17, 15) is 14.7 Å². The average Bonchev–Trinajstić information content (AvgIpc) is 2.38. The maximum Gasteiger partial charge on any atom is 0.334 e. The molecule has 0 radical (unpaired) electrons. The number of urea groups is 1. The van der Waals surface area contributed by atoms with E-state index < -0.39 is 18.1 Å². The summed E-state index contributed by atoms with van der Waals surface area (Å²) in [6.45, 7) is -0.145. The number of benzene rings is 1. The maximum atomic E-state index is 11.8. The molecule has 0 aromatic heterocycles. The van der Waals surface area contributed by atoms with Gasteiger partial charge in [-0.15, -0.1) is 0 Å². The summed E-state index contributed by atoms with van der Waals surface area (Å²) in [5.74, 6) is -1.11. The van der Waals surface area contributed by atoms with Crippen LogP contribution in [0.1, 0.15) is 0 Å². The molecule has 19 heavy (non-hydrogen) atoms. The van der Waals surface area contributed by atoms with Crippen molar-refractivity contribution in [2.24, 2.45) is 0 Å². The molecule has 0 bridgehead atoms. The van der Waals surface area contributed by atoms with Gasteiger partial charge < -0.3 is 20.3 Å². The van der Waals surface area contributed by atoms with Gasteiger partial charge >= 0.3 is 12.0 Å². The lowest BCUT2D eigenvalue weighted by molar-refractivity contribution is -0.147. The number of methoxy groups -OCH3 is 1. The Labute approximate surface area is 110 Å². The van der Waals surface area contributed by atoms with Crippen molar-refractivity contribution >= 4 is 17.7 Å². The van der Waals surface area contributed by atoms with Gasteiger partial charge in [-0.3, -0.25) is 4.90 Å². The number of hydrogen-bond donors (Lipinski definition) is 3. The lowest BCUT2D eigenvalue weighted by Crippen LogP contribution is -2.43. The number of hydrogen-bond acceptors (Lipinski definition) is 4. The van der Waals surface area contributed by atoms with Crippen molar-refractivity contribution in [1.29, 1.82) is 0 Å². The SMILES string of the molecule is COC(CNC(=O)N(C)c1cccc(O)c1)C(=O)O. The van der Waals surface area contributed by atoms with E-state index in [-0.39, 0.29) is 12.3 Å². The smallest absolute Gasteiger partial charge is 0.334 e. The van der Waals surface area contributed by atoms with Gasteiger partial charge in [-0.05, 0) is 12.1 Å². The fraction of sp³-hybridized carbons (Fsp3) is 0.333. The number of carbonyl (C=O) groups excluding carboxylic acids is 1. The molecule has 1 atom stereocenters. The van der Waals surface area contributed by atoms with Gasteiger partial charge in [0, 0.05) is 25.9 Å². The van der Waals surface area contributed by atoms with Gasteiger partial charge in [0.05, 0.1) is 6.54 Å². The Bertz CT molecular complexity index is 463. The molecule has 0 saturated heterocycles. The third-order valence-corrected chi connectivity index (χ3v) is 2.52. The normalized spacial score (nSPS) is 11.7. The highest BCUT2D eigenvalue weighted by Crippen LogP contribution is 2.18. The van der Waals surface area contributed by atoms with Crippen molar-refractivity contribution < 1.29 is 24.5 Å². The Balaban J connectivity index is 2.61. The van der Waals surface area contributed by atoms with E-state index in [1.807, 2.05) is 0 Å². The summed E-state index contributed by atoms with van der Waals surface area (Å²) < 4.78 is 4.69. The molecule has 0 aliphatic heterocycles. The molecular weight excluding hydrogens is 252 g/mol. The van der Waals surface area contributed by atoms with E-state index in [2.05, 4.69) is 5.32 Å². The molecule has 104 valence electrons. The number of phenolic OH excluding ortho intramolecular Hbond substituents is 1. The van der Waals surface area contributed by atoms with Crippen LogP contribution in [0.15, 0.2) is 24.3 Å². The van der Waals surface area contributed by atoms with Gasteiger partial charge in [-0.1, -0.05) is 6.07 Å². The topological polar surface area (TPSA) is 99.1 Å². The second-order valence-corrected chi connectivity index (χ2v) is 3.83. The number of carboxylic acid groups (broad SMARTS) is 1. The molecule has 7 heteroatoms. The van der Waals surface area contributed by atoms with Gasteiger partial charge in [0.15, 0.2) is 6.10 Å². The van der Waals surface area contributed by atoms with Gasteiger partial charge in [0.1, 0.15) is 5.75 Å².